The second-order valence-electron chi connectivity index (χ2n) is 1.44. The molecule has 0 unspecified atom stereocenters. The molecule has 0 aromatic carbocycles. The van der Waals surface area contributed by atoms with Gasteiger partial charge in [-0.2, -0.15) is 0 Å². The van der Waals surface area contributed by atoms with Gasteiger partial charge in [0.25, 0.3) is 5.91 Å². The Balaban J connectivity index is 3.64. The molecule has 0 heterocycles. The number of carbonyl (C=O) groups excluding carboxylic acids is 1. The number of hydrogen-bond acceptors (Lipinski definition) is 1. The van der Waals surface area contributed by atoms with Gasteiger partial charge in [-0.05, 0) is 47.8 Å². The molecule has 0 bridgehead atoms. The van der Waals surface area contributed by atoms with Crippen LogP contribution in [0, 0.1) is 0 Å². The van der Waals surface area contributed by atoms with Crippen molar-refractivity contribution in [3.05, 3.63) is 0 Å². The Hall–Kier alpha value is 1.39. The summed E-state index contributed by atoms with van der Waals surface area (Å²) in [5.74, 6) is -0.146. The number of amides is 1. The highest BCUT2D eigenvalue weighted by Gasteiger charge is 2.27. The van der Waals surface area contributed by atoms with Gasteiger partial charge in [-0.15, -0.1) is 0 Å². The third kappa shape index (κ3) is 5.09. The van der Waals surface area contributed by atoms with Crippen molar-refractivity contribution >= 4 is 69.6 Å². The number of halogens is 4. The van der Waals surface area contributed by atoms with Gasteiger partial charge in [0.05, 0.1) is 0 Å². The van der Waals surface area contributed by atoms with Gasteiger partial charge < -0.3 is 5.32 Å². The molecule has 0 aromatic rings. The van der Waals surface area contributed by atoms with Crippen molar-refractivity contribution in [3.63, 3.8) is 0 Å². The fourth-order valence-electron chi connectivity index (χ4n) is 0.261. The maximum Gasteiger partial charge on any atom is 0.258 e. The van der Waals surface area contributed by atoms with Crippen LogP contribution in [0.4, 0.5) is 0 Å². The number of alkyl halides is 4. The van der Waals surface area contributed by atoms with E-state index in [1.807, 2.05) is 0 Å². The summed E-state index contributed by atoms with van der Waals surface area (Å²) in [4.78, 5) is 11.0. The minimum Gasteiger partial charge on any atom is -0.353 e. The molecule has 6 heteroatoms. The second-order valence-corrected chi connectivity index (χ2v) is 9.00. The van der Waals surface area contributed by atoms with E-state index >= 15 is 0 Å². The Morgan fingerprint density at radius 2 is 1.90 bits per heavy atom. The molecule has 0 aliphatic heterocycles. The van der Waals surface area contributed by atoms with Crippen LogP contribution in [0.1, 0.15) is 0 Å². The largest absolute Gasteiger partial charge is 0.353 e. The highest BCUT2D eigenvalue weighted by molar-refractivity contribution is 9.40. The second kappa shape index (κ2) is 5.11. The highest BCUT2D eigenvalue weighted by Crippen LogP contribution is 2.33. The van der Waals surface area contributed by atoms with Crippen molar-refractivity contribution in [3.8, 4) is 0 Å². The molecule has 60 valence electrons. The normalized spacial score (nSPS) is 11.2. The Morgan fingerprint density at radius 1 is 1.40 bits per heavy atom. The quantitative estimate of drug-likeness (QED) is 0.706. The molecule has 0 spiro atoms. The van der Waals surface area contributed by atoms with E-state index in [2.05, 4.69) is 69.0 Å². The lowest BCUT2D eigenvalue weighted by atomic mass is 10.6. The Bertz CT molecular complexity index is 121. The molecule has 0 aliphatic carbocycles. The van der Waals surface area contributed by atoms with E-state index in [0.29, 0.717) is 6.54 Å². The lowest BCUT2D eigenvalue weighted by Gasteiger charge is -2.10. The van der Waals surface area contributed by atoms with Gasteiger partial charge in [0, 0.05) is 11.9 Å². The molecule has 0 saturated heterocycles. The lowest BCUT2D eigenvalue weighted by Crippen LogP contribution is -2.34. The van der Waals surface area contributed by atoms with Crippen molar-refractivity contribution < 1.29 is 4.79 Å². The van der Waals surface area contributed by atoms with E-state index in [1.165, 1.54) is 0 Å². The zero-order valence-electron chi connectivity index (χ0n) is 4.83. The van der Waals surface area contributed by atoms with Gasteiger partial charge in [-0.3, -0.25) is 4.79 Å². The SMILES string of the molecule is O=C(NCCBr)C(Br)(Br)Br. The molecule has 0 atom stereocenters. The van der Waals surface area contributed by atoms with Crippen LogP contribution < -0.4 is 5.32 Å². The van der Waals surface area contributed by atoms with Crippen molar-refractivity contribution in [1.82, 2.24) is 5.32 Å². The fourth-order valence-corrected chi connectivity index (χ4v) is 0.880. The molecule has 0 rings (SSSR count). The van der Waals surface area contributed by atoms with E-state index in [0.717, 1.165) is 5.33 Å². The smallest absolute Gasteiger partial charge is 0.258 e. The topological polar surface area (TPSA) is 29.1 Å². The predicted octanol–water partition coefficient (Wildman–Crippen LogP) is 2.34. The van der Waals surface area contributed by atoms with E-state index in [9.17, 15) is 4.79 Å². The van der Waals surface area contributed by atoms with Crippen LogP contribution in [-0.2, 0) is 4.79 Å². The minimum atomic E-state index is -0.824. The van der Waals surface area contributed by atoms with Crippen LogP contribution in [0.2, 0.25) is 0 Å². The van der Waals surface area contributed by atoms with Gasteiger partial charge in [-0.1, -0.05) is 15.9 Å². The molecule has 0 saturated carbocycles. The summed E-state index contributed by atoms with van der Waals surface area (Å²) in [6, 6.07) is 0. The molecule has 10 heavy (non-hydrogen) atoms. The summed E-state index contributed by atoms with van der Waals surface area (Å²) in [5, 5.41) is 3.40. The van der Waals surface area contributed by atoms with E-state index < -0.39 is 2.14 Å². The number of hydrogen-bond donors (Lipinski definition) is 1. The third-order valence-corrected chi connectivity index (χ3v) is 2.11. The molecule has 0 radical (unpaired) electrons. The van der Waals surface area contributed by atoms with E-state index in [-0.39, 0.29) is 5.91 Å². The maximum absolute atomic E-state index is 11.0. The molecule has 0 aliphatic rings. The average molecular weight is 403 g/mol. The van der Waals surface area contributed by atoms with Gasteiger partial charge in [0.1, 0.15) is 0 Å². The summed E-state index contributed by atoms with van der Waals surface area (Å²) in [6.45, 7) is 0.614. The first-order valence-corrected chi connectivity index (χ1v) is 5.89. The third-order valence-electron chi connectivity index (χ3n) is 0.638. The van der Waals surface area contributed by atoms with Gasteiger partial charge in [-0.25, -0.2) is 0 Å². The van der Waals surface area contributed by atoms with Gasteiger partial charge in [0.2, 0.25) is 2.14 Å². The van der Waals surface area contributed by atoms with Gasteiger partial charge in [0.15, 0.2) is 0 Å². The zero-order chi connectivity index (χ0) is 8.20. The number of nitrogens with one attached hydrogen (secondary N) is 1. The van der Waals surface area contributed by atoms with Gasteiger partial charge >= 0.3 is 0 Å². The van der Waals surface area contributed by atoms with Crippen LogP contribution in [0.15, 0.2) is 0 Å². The predicted molar refractivity (Wildman–Crippen MR) is 56.3 cm³/mol. The summed E-state index contributed by atoms with van der Waals surface area (Å²) in [7, 11) is 0. The monoisotopic (exact) mass is 399 g/mol. The summed E-state index contributed by atoms with van der Waals surface area (Å²) < 4.78 is -0.824. The average Bonchev–Trinajstić information content (AvgIpc) is 1.80. The Morgan fingerprint density at radius 3 is 2.20 bits per heavy atom. The standard InChI is InChI=1S/C4H5Br4NO/c5-1-2-9-3(10)4(6,7)8/h1-2H2,(H,9,10). The maximum atomic E-state index is 11.0. The Kier molecular flexibility index (Phi) is 5.82. The van der Waals surface area contributed by atoms with Crippen molar-refractivity contribution in [2.24, 2.45) is 0 Å². The summed E-state index contributed by atoms with van der Waals surface area (Å²) in [6.07, 6.45) is 0. The molecule has 1 N–H and O–H groups in total. The van der Waals surface area contributed by atoms with E-state index in [4.69, 9.17) is 0 Å². The van der Waals surface area contributed by atoms with Crippen molar-refractivity contribution in [1.29, 1.82) is 0 Å². The minimum absolute atomic E-state index is 0.146. The first kappa shape index (κ1) is 11.4. The lowest BCUT2D eigenvalue weighted by molar-refractivity contribution is -0.119. The van der Waals surface area contributed by atoms with Crippen LogP contribution in [0.5, 0.6) is 0 Å². The van der Waals surface area contributed by atoms with Crippen molar-refractivity contribution in [2.75, 3.05) is 11.9 Å². The zero-order valence-corrected chi connectivity index (χ0v) is 11.2. The first-order chi connectivity index (χ1) is 4.48. The molecular formula is C4H5Br4NO. The first-order valence-electron chi connectivity index (χ1n) is 2.39. The fraction of sp³-hybridized carbons (Fsp3) is 0.750. The van der Waals surface area contributed by atoms with Crippen LogP contribution in [0.25, 0.3) is 0 Å². The van der Waals surface area contributed by atoms with Crippen LogP contribution in [-0.4, -0.2) is 19.9 Å². The summed E-state index contributed by atoms with van der Waals surface area (Å²) in [5.41, 5.74) is 0. The van der Waals surface area contributed by atoms with Crippen molar-refractivity contribution in [2.45, 2.75) is 2.14 Å². The van der Waals surface area contributed by atoms with Crippen LogP contribution >= 0.6 is 63.7 Å². The number of rotatable bonds is 2. The molecular weight excluding hydrogens is 398 g/mol. The number of carbonyl (C=O) groups is 1. The van der Waals surface area contributed by atoms with E-state index in [1.54, 1.807) is 0 Å². The highest BCUT2D eigenvalue weighted by atomic mass is 80.0. The molecule has 2 nitrogen and oxygen atoms in total. The van der Waals surface area contributed by atoms with Crippen LogP contribution in [0.3, 0.4) is 0 Å². The Labute approximate surface area is 93.0 Å². The summed E-state index contributed by atoms with van der Waals surface area (Å²) >= 11 is 12.4. The molecule has 0 fully saturated rings. The molecule has 1 amide bonds. The molecule has 0 aromatic heterocycles.